The smallest absolute Gasteiger partial charge is 0.241 e. The van der Waals surface area contributed by atoms with Gasteiger partial charge in [0.2, 0.25) is 5.91 Å². The summed E-state index contributed by atoms with van der Waals surface area (Å²) in [6.45, 7) is 8.94. The van der Waals surface area contributed by atoms with Crippen LogP contribution >= 0.6 is 0 Å². The molecule has 1 N–H and O–H groups in total. The van der Waals surface area contributed by atoms with Crippen molar-refractivity contribution in [1.29, 1.82) is 0 Å². The van der Waals surface area contributed by atoms with Gasteiger partial charge in [-0.05, 0) is 36.6 Å². The van der Waals surface area contributed by atoms with Crippen molar-refractivity contribution < 1.29 is 4.79 Å². The summed E-state index contributed by atoms with van der Waals surface area (Å²) in [4.78, 5) is 16.9. The lowest BCUT2D eigenvalue weighted by Gasteiger charge is -2.35. The highest BCUT2D eigenvalue weighted by molar-refractivity contribution is 5.81. The zero-order chi connectivity index (χ0) is 17.6. The number of anilines is 1. The van der Waals surface area contributed by atoms with E-state index < -0.39 is 0 Å². The quantitative estimate of drug-likeness (QED) is 0.911. The predicted octanol–water partition coefficient (Wildman–Crippen LogP) is 3.06. The minimum absolute atomic E-state index is 0.181. The van der Waals surface area contributed by atoms with Crippen LogP contribution in [0.15, 0.2) is 48.5 Å². The molecule has 4 nitrogen and oxygen atoms in total. The van der Waals surface area contributed by atoms with Gasteiger partial charge in [0, 0.05) is 38.4 Å². The molecule has 0 bridgehead atoms. The molecule has 1 saturated heterocycles. The molecule has 0 aliphatic carbocycles. The Morgan fingerprint density at radius 3 is 2.44 bits per heavy atom. The Labute approximate surface area is 150 Å². The molecule has 2 aromatic rings. The normalized spacial score (nSPS) is 15.2. The van der Waals surface area contributed by atoms with Crippen LogP contribution in [0.4, 0.5) is 5.69 Å². The lowest BCUT2D eigenvalue weighted by Crippen LogP contribution is -2.49. The molecule has 0 aromatic heterocycles. The molecule has 0 atom stereocenters. The standard InChI is InChI=1S/C21H27N3O/c1-17-8-9-18(2)20(14-17)22-15-21(25)24-12-10-23(11-13-24)16-19-6-4-3-5-7-19/h3-9,14,22H,10-13,15-16H2,1-2H3. The highest BCUT2D eigenvalue weighted by atomic mass is 16.2. The molecule has 1 fully saturated rings. The fourth-order valence-corrected chi connectivity index (χ4v) is 3.21. The summed E-state index contributed by atoms with van der Waals surface area (Å²) in [7, 11) is 0. The van der Waals surface area contributed by atoms with Crippen molar-refractivity contribution in [3.8, 4) is 0 Å². The number of hydrogen-bond donors (Lipinski definition) is 1. The van der Waals surface area contributed by atoms with E-state index in [1.807, 2.05) is 11.0 Å². The van der Waals surface area contributed by atoms with E-state index in [0.29, 0.717) is 6.54 Å². The lowest BCUT2D eigenvalue weighted by atomic mass is 10.1. The molecule has 132 valence electrons. The van der Waals surface area contributed by atoms with Crippen molar-refractivity contribution in [3.05, 3.63) is 65.2 Å². The van der Waals surface area contributed by atoms with Crippen molar-refractivity contribution >= 4 is 11.6 Å². The number of carbonyl (C=O) groups is 1. The van der Waals surface area contributed by atoms with Gasteiger partial charge in [0.25, 0.3) is 0 Å². The third-order valence-electron chi connectivity index (χ3n) is 4.80. The first-order valence-corrected chi connectivity index (χ1v) is 8.97. The van der Waals surface area contributed by atoms with Crippen molar-refractivity contribution in [2.45, 2.75) is 20.4 Å². The molecular weight excluding hydrogens is 310 g/mol. The zero-order valence-electron chi connectivity index (χ0n) is 15.2. The molecular formula is C21H27N3O. The summed E-state index contributed by atoms with van der Waals surface area (Å²) in [5, 5.41) is 3.30. The largest absolute Gasteiger partial charge is 0.376 e. The maximum absolute atomic E-state index is 12.5. The molecule has 1 amide bonds. The number of carbonyl (C=O) groups excluding carboxylic acids is 1. The Balaban J connectivity index is 1.46. The van der Waals surface area contributed by atoms with Crippen LogP contribution < -0.4 is 5.32 Å². The van der Waals surface area contributed by atoms with E-state index in [1.54, 1.807) is 0 Å². The van der Waals surface area contributed by atoms with Gasteiger partial charge in [-0.15, -0.1) is 0 Å². The third-order valence-corrected chi connectivity index (χ3v) is 4.80. The fraction of sp³-hybridized carbons (Fsp3) is 0.381. The SMILES string of the molecule is Cc1ccc(C)c(NCC(=O)N2CCN(Cc3ccccc3)CC2)c1. The van der Waals surface area contributed by atoms with Gasteiger partial charge >= 0.3 is 0 Å². The number of piperazine rings is 1. The average molecular weight is 337 g/mol. The minimum Gasteiger partial charge on any atom is -0.376 e. The lowest BCUT2D eigenvalue weighted by molar-refractivity contribution is -0.131. The van der Waals surface area contributed by atoms with Crippen molar-refractivity contribution in [2.75, 3.05) is 38.0 Å². The summed E-state index contributed by atoms with van der Waals surface area (Å²) in [5.41, 5.74) is 4.76. The molecule has 1 aliphatic rings. The second-order valence-corrected chi connectivity index (χ2v) is 6.81. The Kier molecular flexibility index (Phi) is 5.71. The Morgan fingerprint density at radius 1 is 1.00 bits per heavy atom. The maximum atomic E-state index is 12.5. The van der Waals surface area contributed by atoms with Crippen LogP contribution in [0.5, 0.6) is 0 Å². The van der Waals surface area contributed by atoms with E-state index in [1.165, 1.54) is 16.7 Å². The topological polar surface area (TPSA) is 35.6 Å². The first-order valence-electron chi connectivity index (χ1n) is 8.97. The number of nitrogens with one attached hydrogen (secondary N) is 1. The molecule has 3 rings (SSSR count). The molecule has 1 heterocycles. The molecule has 0 saturated carbocycles. The Bertz CT molecular complexity index is 706. The Morgan fingerprint density at radius 2 is 1.72 bits per heavy atom. The van der Waals surface area contributed by atoms with E-state index in [-0.39, 0.29) is 5.91 Å². The molecule has 25 heavy (non-hydrogen) atoms. The zero-order valence-corrected chi connectivity index (χ0v) is 15.2. The number of nitrogens with zero attached hydrogens (tertiary/aromatic N) is 2. The summed E-state index contributed by atoms with van der Waals surface area (Å²) in [5.74, 6) is 0.181. The molecule has 1 aliphatic heterocycles. The maximum Gasteiger partial charge on any atom is 0.241 e. The van der Waals surface area contributed by atoms with Crippen LogP contribution in [0.3, 0.4) is 0 Å². The van der Waals surface area contributed by atoms with E-state index in [4.69, 9.17) is 0 Å². The predicted molar refractivity (Wildman–Crippen MR) is 103 cm³/mol. The number of hydrogen-bond acceptors (Lipinski definition) is 3. The van der Waals surface area contributed by atoms with Gasteiger partial charge in [-0.3, -0.25) is 9.69 Å². The average Bonchev–Trinajstić information content (AvgIpc) is 2.64. The van der Waals surface area contributed by atoms with Gasteiger partial charge in [0.15, 0.2) is 0 Å². The summed E-state index contributed by atoms with van der Waals surface area (Å²) in [6.07, 6.45) is 0. The van der Waals surface area contributed by atoms with Gasteiger partial charge in [-0.1, -0.05) is 42.5 Å². The molecule has 0 spiro atoms. The third kappa shape index (κ3) is 4.83. The van der Waals surface area contributed by atoms with Gasteiger partial charge < -0.3 is 10.2 Å². The van der Waals surface area contributed by atoms with Gasteiger partial charge in [0.05, 0.1) is 6.54 Å². The van der Waals surface area contributed by atoms with E-state index >= 15 is 0 Å². The van der Waals surface area contributed by atoms with Crippen LogP contribution in [0, 0.1) is 13.8 Å². The summed E-state index contributed by atoms with van der Waals surface area (Å²) >= 11 is 0. The molecule has 0 unspecified atom stereocenters. The first-order chi connectivity index (χ1) is 12.1. The van der Waals surface area contributed by atoms with E-state index in [9.17, 15) is 4.79 Å². The second kappa shape index (κ2) is 8.17. The monoisotopic (exact) mass is 337 g/mol. The molecule has 2 aromatic carbocycles. The minimum atomic E-state index is 0.181. The summed E-state index contributed by atoms with van der Waals surface area (Å²) in [6, 6.07) is 16.8. The molecule has 0 radical (unpaired) electrons. The number of benzene rings is 2. The van der Waals surface area contributed by atoms with E-state index in [0.717, 1.165) is 38.4 Å². The highest BCUT2D eigenvalue weighted by Crippen LogP contribution is 2.16. The van der Waals surface area contributed by atoms with Crippen molar-refractivity contribution in [3.63, 3.8) is 0 Å². The van der Waals surface area contributed by atoms with Crippen LogP contribution in [0.25, 0.3) is 0 Å². The molecule has 4 heteroatoms. The van der Waals surface area contributed by atoms with Gasteiger partial charge in [-0.25, -0.2) is 0 Å². The van der Waals surface area contributed by atoms with Crippen LogP contribution in [-0.2, 0) is 11.3 Å². The van der Waals surface area contributed by atoms with Crippen LogP contribution in [0.2, 0.25) is 0 Å². The second-order valence-electron chi connectivity index (χ2n) is 6.81. The summed E-state index contributed by atoms with van der Waals surface area (Å²) < 4.78 is 0. The van der Waals surface area contributed by atoms with Crippen molar-refractivity contribution in [1.82, 2.24) is 9.80 Å². The van der Waals surface area contributed by atoms with Crippen LogP contribution in [0.1, 0.15) is 16.7 Å². The van der Waals surface area contributed by atoms with Gasteiger partial charge in [0.1, 0.15) is 0 Å². The Hall–Kier alpha value is -2.33. The number of amides is 1. The number of rotatable bonds is 5. The van der Waals surface area contributed by atoms with Crippen LogP contribution in [-0.4, -0.2) is 48.4 Å². The highest BCUT2D eigenvalue weighted by Gasteiger charge is 2.20. The van der Waals surface area contributed by atoms with Gasteiger partial charge in [-0.2, -0.15) is 0 Å². The van der Waals surface area contributed by atoms with Crippen molar-refractivity contribution in [2.24, 2.45) is 0 Å². The first kappa shape index (κ1) is 17.5. The number of aryl methyl sites for hydroxylation is 2. The fourth-order valence-electron chi connectivity index (χ4n) is 3.21. The van der Waals surface area contributed by atoms with E-state index in [2.05, 4.69) is 66.5 Å².